The van der Waals surface area contributed by atoms with E-state index in [1.165, 1.54) is 11.1 Å². The maximum atomic E-state index is 3.71. The molecule has 0 aliphatic heterocycles. The molecule has 3 heteroatoms. The summed E-state index contributed by atoms with van der Waals surface area (Å²) in [5.41, 5.74) is 6.40. The molecule has 18 heavy (non-hydrogen) atoms. The fourth-order valence-electron chi connectivity index (χ4n) is 3.21. The van der Waals surface area contributed by atoms with Crippen LogP contribution >= 0.6 is 0 Å². The van der Waals surface area contributed by atoms with E-state index in [2.05, 4.69) is 89.2 Å². The van der Waals surface area contributed by atoms with Crippen molar-refractivity contribution in [1.29, 1.82) is 0 Å². The third kappa shape index (κ3) is 3.59. The second-order valence-corrected chi connectivity index (χ2v) is 7.08. The molecular formula is C15H25Li2N. The molecule has 0 aromatic heterocycles. The zero-order valence-corrected chi connectivity index (χ0v) is 13.7. The van der Waals surface area contributed by atoms with E-state index in [1.807, 2.05) is 0 Å². The Hall–Kier alpha value is 0.635. The van der Waals surface area contributed by atoms with Crippen molar-refractivity contribution in [3.8, 4) is 0 Å². The Labute approximate surface area is 132 Å². The summed E-state index contributed by atoms with van der Waals surface area (Å²) in [5.74, 6) is 0.615. The molecule has 0 spiro atoms. The van der Waals surface area contributed by atoms with Gasteiger partial charge in [0.2, 0.25) is 0 Å². The number of hydrogen-bond donors (Lipinski definition) is 1. The summed E-state index contributed by atoms with van der Waals surface area (Å²) in [6.45, 7) is 15.9. The van der Waals surface area contributed by atoms with Crippen LogP contribution in [0.15, 0.2) is 22.3 Å². The van der Waals surface area contributed by atoms with Gasteiger partial charge in [-0.1, -0.05) is 0 Å². The molecule has 92 valence electrons. The normalized spacial score (nSPS) is 24.9. The summed E-state index contributed by atoms with van der Waals surface area (Å²) >= 11 is 4.68. The molecule has 0 saturated heterocycles. The second-order valence-electron chi connectivity index (χ2n) is 7.08. The molecule has 0 radical (unpaired) electrons. The predicted molar refractivity (Wildman–Crippen MR) is 82.2 cm³/mol. The molecule has 1 aliphatic carbocycles. The van der Waals surface area contributed by atoms with E-state index >= 15 is 0 Å². The van der Waals surface area contributed by atoms with Crippen molar-refractivity contribution in [3.63, 3.8) is 0 Å². The zero-order chi connectivity index (χ0) is 14.2. The molecule has 1 nitrogen and oxygen atoms in total. The van der Waals surface area contributed by atoms with Gasteiger partial charge in [0.15, 0.2) is 0 Å². The summed E-state index contributed by atoms with van der Waals surface area (Å²) < 4.78 is 1.10. The van der Waals surface area contributed by atoms with E-state index in [-0.39, 0.29) is 5.54 Å². The second kappa shape index (κ2) is 5.95. The molecule has 3 unspecified atom stereocenters. The minimum absolute atomic E-state index is 0.182. The zero-order valence-electron chi connectivity index (χ0n) is 13.7. The first-order valence-electron chi connectivity index (χ1n) is 7.22. The Bertz CT molecular complexity index is 388. The van der Waals surface area contributed by atoms with E-state index in [0.29, 0.717) is 15.2 Å². The van der Waals surface area contributed by atoms with Crippen LogP contribution < -0.4 is 5.32 Å². The van der Waals surface area contributed by atoms with Gasteiger partial charge in [0.1, 0.15) is 0 Å². The molecule has 0 bridgehead atoms. The van der Waals surface area contributed by atoms with Crippen molar-refractivity contribution >= 4 is 35.4 Å². The van der Waals surface area contributed by atoms with Gasteiger partial charge in [0, 0.05) is 0 Å². The molecule has 0 amide bonds. The first kappa shape index (κ1) is 16.7. The summed E-state index contributed by atoms with van der Waals surface area (Å²) in [5, 5.41) is 3.71. The molecule has 1 aliphatic rings. The van der Waals surface area contributed by atoms with E-state index in [9.17, 15) is 0 Å². The first-order chi connectivity index (χ1) is 8.06. The molecule has 0 aromatic carbocycles. The fraction of sp³-hybridized carbons (Fsp3) is 0.733. The molecule has 0 saturated carbocycles. The van der Waals surface area contributed by atoms with Crippen LogP contribution in [0.1, 0.15) is 48.5 Å². The predicted octanol–water partition coefficient (Wildman–Crippen LogP) is 3.13. The van der Waals surface area contributed by atoms with Crippen LogP contribution in [-0.4, -0.2) is 45.7 Å². The molecule has 1 rings (SSSR count). The van der Waals surface area contributed by atoms with Gasteiger partial charge in [-0.05, 0) is 0 Å². The van der Waals surface area contributed by atoms with Crippen molar-refractivity contribution in [3.05, 3.63) is 22.3 Å². The third-order valence-electron chi connectivity index (χ3n) is 4.60. The van der Waals surface area contributed by atoms with Gasteiger partial charge in [0.25, 0.3) is 0 Å². The van der Waals surface area contributed by atoms with Crippen molar-refractivity contribution in [1.82, 2.24) is 5.32 Å². The minimum atomic E-state index is 0.182. The number of allylic oxidation sites excluding steroid dienone is 3. The number of nitrogens with one attached hydrogen (secondary N) is 1. The van der Waals surface area contributed by atoms with Crippen molar-refractivity contribution in [2.24, 2.45) is 5.92 Å². The Morgan fingerprint density at radius 1 is 1.06 bits per heavy atom. The SMILES string of the molecule is [Li][CH](NC(C)(C)C)[CH]([Li])C1=C(C)C(C)=C(C)C1C. The van der Waals surface area contributed by atoms with Gasteiger partial charge in [0.05, 0.1) is 0 Å². The van der Waals surface area contributed by atoms with E-state index in [4.69, 9.17) is 0 Å². The summed E-state index contributed by atoms with van der Waals surface area (Å²) in [6, 6.07) is 0. The first-order valence-corrected chi connectivity index (χ1v) is 7.22. The Balaban J connectivity index is 2.90. The van der Waals surface area contributed by atoms with Crippen LogP contribution in [0.25, 0.3) is 0 Å². The summed E-state index contributed by atoms with van der Waals surface area (Å²) in [7, 11) is 0. The molecule has 3 atom stereocenters. The van der Waals surface area contributed by atoms with Crippen LogP contribution in [0.3, 0.4) is 0 Å². The van der Waals surface area contributed by atoms with Crippen LogP contribution in [0.5, 0.6) is 0 Å². The summed E-state index contributed by atoms with van der Waals surface area (Å²) in [4.78, 5) is 0. The van der Waals surface area contributed by atoms with Crippen LogP contribution in [0.4, 0.5) is 0 Å². The Morgan fingerprint density at radius 2 is 1.56 bits per heavy atom. The fourth-order valence-corrected chi connectivity index (χ4v) is 3.21. The van der Waals surface area contributed by atoms with E-state index in [0.717, 1.165) is 0 Å². The van der Waals surface area contributed by atoms with Gasteiger partial charge in [-0.3, -0.25) is 0 Å². The van der Waals surface area contributed by atoms with E-state index < -0.39 is 0 Å². The van der Waals surface area contributed by atoms with Crippen molar-refractivity contribution in [2.75, 3.05) is 0 Å². The molecule has 0 heterocycles. The van der Waals surface area contributed by atoms with Gasteiger partial charge >= 0.3 is 132 Å². The molecule has 1 N–H and O–H groups in total. The van der Waals surface area contributed by atoms with E-state index in [1.54, 1.807) is 11.1 Å². The van der Waals surface area contributed by atoms with Crippen LogP contribution in [-0.2, 0) is 0 Å². The summed E-state index contributed by atoms with van der Waals surface area (Å²) in [6.07, 6.45) is 0. The average molecular weight is 233 g/mol. The standard InChI is InChI=1S/C15H25N.2Li/c1-10-11(2)13(4)14(12(10)3)8-9-16-15(5,6)7;;/h8-9,12,16H,1-7H3;;. The number of hydrogen-bond acceptors (Lipinski definition) is 1. The van der Waals surface area contributed by atoms with Gasteiger partial charge in [-0.15, -0.1) is 0 Å². The number of rotatable bonds is 3. The topological polar surface area (TPSA) is 12.0 Å². The Kier molecular flexibility index (Phi) is 5.52. The molecule has 0 fully saturated rings. The molecule has 0 aromatic rings. The van der Waals surface area contributed by atoms with Crippen LogP contribution in [0, 0.1) is 5.92 Å². The quantitative estimate of drug-likeness (QED) is 0.738. The van der Waals surface area contributed by atoms with Gasteiger partial charge < -0.3 is 0 Å². The Morgan fingerprint density at radius 3 is 1.89 bits per heavy atom. The van der Waals surface area contributed by atoms with Crippen LogP contribution in [0.2, 0.25) is 4.59 Å². The van der Waals surface area contributed by atoms with Gasteiger partial charge in [-0.2, -0.15) is 0 Å². The molecular weight excluding hydrogens is 208 g/mol. The maximum absolute atomic E-state index is 3.71. The van der Waals surface area contributed by atoms with Crippen molar-refractivity contribution < 1.29 is 0 Å². The average Bonchev–Trinajstić information content (AvgIpc) is 2.40. The third-order valence-corrected chi connectivity index (χ3v) is 4.60. The van der Waals surface area contributed by atoms with Gasteiger partial charge in [-0.25, -0.2) is 0 Å². The van der Waals surface area contributed by atoms with Crippen molar-refractivity contribution in [2.45, 2.75) is 63.3 Å². The monoisotopic (exact) mass is 233 g/mol.